The van der Waals surface area contributed by atoms with Crippen LogP contribution in [0.2, 0.25) is 10.0 Å². The van der Waals surface area contributed by atoms with Crippen molar-refractivity contribution < 1.29 is 28.4 Å². The van der Waals surface area contributed by atoms with E-state index in [1.54, 1.807) is 6.07 Å². The Morgan fingerprint density at radius 1 is 1.03 bits per heavy atom. The second-order valence-corrected chi connectivity index (χ2v) is 8.28. The Hall–Kier alpha value is -4.28. The topological polar surface area (TPSA) is 119 Å². The fourth-order valence-electron chi connectivity index (χ4n) is 3.39. The summed E-state index contributed by atoms with van der Waals surface area (Å²) in [5.41, 5.74) is 0.193. The summed E-state index contributed by atoms with van der Waals surface area (Å²) in [7, 11) is 0. The highest BCUT2D eigenvalue weighted by molar-refractivity contribution is 6.40. The van der Waals surface area contributed by atoms with Crippen molar-refractivity contribution in [2.24, 2.45) is 0 Å². The van der Waals surface area contributed by atoms with Crippen molar-refractivity contribution in [1.82, 2.24) is 5.32 Å². The first-order valence-electron chi connectivity index (χ1n) is 10.2. The summed E-state index contributed by atoms with van der Waals surface area (Å²) in [6, 6.07) is 12.4. The molecular formula is C24H14Cl2FN3O6. The average molecular weight is 530 g/mol. The van der Waals surface area contributed by atoms with E-state index >= 15 is 0 Å². The Labute approximate surface area is 212 Å². The SMILES string of the molecule is O=C1NC(=O)N(c2cccc(F)c2)C(=O)/C1=C/c1cc(Cl)c(OCc2cccc([N+](=O)[O-])c2)c(Cl)c1. The number of hydrogen-bond acceptors (Lipinski definition) is 6. The third-order valence-electron chi connectivity index (χ3n) is 5.00. The van der Waals surface area contributed by atoms with Crippen LogP contribution in [0.3, 0.4) is 0 Å². The zero-order valence-electron chi connectivity index (χ0n) is 18.0. The van der Waals surface area contributed by atoms with E-state index < -0.39 is 34.2 Å². The minimum Gasteiger partial charge on any atom is -0.486 e. The van der Waals surface area contributed by atoms with Gasteiger partial charge in [-0.05, 0) is 47.5 Å². The summed E-state index contributed by atoms with van der Waals surface area (Å²) in [5.74, 6) is -2.50. The van der Waals surface area contributed by atoms with Gasteiger partial charge in [0.05, 0.1) is 20.7 Å². The molecule has 0 spiro atoms. The maximum Gasteiger partial charge on any atom is 0.335 e. The summed E-state index contributed by atoms with van der Waals surface area (Å²) >= 11 is 12.6. The lowest BCUT2D eigenvalue weighted by Gasteiger charge is -2.26. The second-order valence-electron chi connectivity index (χ2n) is 7.47. The van der Waals surface area contributed by atoms with E-state index in [4.69, 9.17) is 27.9 Å². The van der Waals surface area contributed by atoms with Gasteiger partial charge in [0.2, 0.25) is 0 Å². The van der Waals surface area contributed by atoms with Crippen LogP contribution in [0.15, 0.2) is 66.2 Å². The van der Waals surface area contributed by atoms with Gasteiger partial charge < -0.3 is 4.74 Å². The molecule has 0 saturated carbocycles. The zero-order chi connectivity index (χ0) is 26.0. The normalized spacial score (nSPS) is 14.7. The van der Waals surface area contributed by atoms with Gasteiger partial charge in [-0.25, -0.2) is 14.1 Å². The monoisotopic (exact) mass is 529 g/mol. The van der Waals surface area contributed by atoms with Gasteiger partial charge in [-0.2, -0.15) is 0 Å². The van der Waals surface area contributed by atoms with Gasteiger partial charge in [-0.15, -0.1) is 0 Å². The number of nitro groups is 1. The number of urea groups is 1. The van der Waals surface area contributed by atoms with E-state index in [1.807, 2.05) is 5.32 Å². The molecule has 4 amide bonds. The van der Waals surface area contributed by atoms with Crippen LogP contribution in [0.25, 0.3) is 6.08 Å². The molecule has 9 nitrogen and oxygen atoms in total. The predicted molar refractivity (Wildman–Crippen MR) is 129 cm³/mol. The Balaban J connectivity index is 1.59. The van der Waals surface area contributed by atoms with Crippen LogP contribution in [0.5, 0.6) is 5.75 Å². The van der Waals surface area contributed by atoms with E-state index in [-0.39, 0.29) is 39.3 Å². The van der Waals surface area contributed by atoms with Crippen LogP contribution < -0.4 is 15.0 Å². The van der Waals surface area contributed by atoms with Crippen molar-refractivity contribution in [3.05, 3.63) is 103 Å². The molecule has 3 aromatic rings. The highest BCUT2D eigenvalue weighted by Crippen LogP contribution is 2.36. The largest absolute Gasteiger partial charge is 0.486 e. The average Bonchev–Trinajstić information content (AvgIpc) is 2.81. The quantitative estimate of drug-likeness (QED) is 0.200. The van der Waals surface area contributed by atoms with E-state index in [2.05, 4.69) is 0 Å². The highest BCUT2D eigenvalue weighted by Gasteiger charge is 2.37. The zero-order valence-corrected chi connectivity index (χ0v) is 19.5. The van der Waals surface area contributed by atoms with Crippen LogP contribution >= 0.6 is 23.2 Å². The van der Waals surface area contributed by atoms with Crippen molar-refractivity contribution in [3.63, 3.8) is 0 Å². The van der Waals surface area contributed by atoms with Gasteiger partial charge in [-0.1, -0.05) is 41.4 Å². The van der Waals surface area contributed by atoms with Crippen LogP contribution in [-0.2, 0) is 16.2 Å². The Bertz CT molecular complexity index is 1440. The van der Waals surface area contributed by atoms with Gasteiger partial charge in [0.1, 0.15) is 18.0 Å². The minimum atomic E-state index is -1.02. The number of benzene rings is 3. The molecule has 4 rings (SSSR count). The number of carbonyl (C=O) groups excluding carboxylic acids is 3. The van der Waals surface area contributed by atoms with Crippen molar-refractivity contribution in [3.8, 4) is 5.75 Å². The number of barbiturate groups is 1. The number of nitro benzene ring substituents is 1. The number of halogens is 3. The lowest BCUT2D eigenvalue weighted by atomic mass is 10.1. The molecule has 0 bridgehead atoms. The first-order chi connectivity index (χ1) is 17.1. The molecule has 0 atom stereocenters. The smallest absolute Gasteiger partial charge is 0.335 e. The van der Waals surface area contributed by atoms with Crippen LogP contribution in [0, 0.1) is 15.9 Å². The second kappa shape index (κ2) is 10.1. The van der Waals surface area contributed by atoms with Gasteiger partial charge in [0.25, 0.3) is 17.5 Å². The number of imide groups is 2. The molecule has 12 heteroatoms. The summed E-state index contributed by atoms with van der Waals surface area (Å²) in [5, 5.41) is 13.1. The van der Waals surface area contributed by atoms with E-state index in [9.17, 15) is 28.9 Å². The number of anilines is 1. The number of carbonyl (C=O) groups is 3. The standard InChI is InChI=1S/C24H14Cl2FN3O6/c25-19-9-14(10-20(26)21(19)36-12-13-3-1-6-17(7-13)30(34)35)8-18-22(31)28-24(33)29(23(18)32)16-5-2-4-15(27)11-16/h1-11H,12H2,(H,28,31,33)/b18-8+. The minimum absolute atomic E-state index is 0.0431. The van der Waals surface area contributed by atoms with Crippen molar-refractivity contribution >= 4 is 58.5 Å². The Kier molecular flexibility index (Phi) is 7.00. The first kappa shape index (κ1) is 24.8. The molecule has 1 heterocycles. The van der Waals surface area contributed by atoms with Crippen molar-refractivity contribution in [2.45, 2.75) is 6.61 Å². The molecule has 0 aliphatic carbocycles. The summed E-state index contributed by atoms with van der Waals surface area (Å²) in [4.78, 5) is 48.6. The van der Waals surface area contributed by atoms with Crippen molar-refractivity contribution in [2.75, 3.05) is 4.90 Å². The van der Waals surface area contributed by atoms with Crippen LogP contribution in [-0.4, -0.2) is 22.8 Å². The molecule has 36 heavy (non-hydrogen) atoms. The number of rotatable bonds is 6. The molecule has 0 aromatic heterocycles. The van der Waals surface area contributed by atoms with Gasteiger partial charge in [0.15, 0.2) is 5.75 Å². The maximum absolute atomic E-state index is 13.6. The predicted octanol–water partition coefficient (Wildman–Crippen LogP) is 5.29. The molecule has 0 radical (unpaired) electrons. The molecule has 1 aliphatic heterocycles. The van der Waals surface area contributed by atoms with E-state index in [1.165, 1.54) is 48.5 Å². The molecular weight excluding hydrogens is 516 g/mol. The van der Waals surface area contributed by atoms with E-state index in [0.29, 0.717) is 10.5 Å². The molecule has 0 unspecified atom stereocenters. The maximum atomic E-state index is 13.6. The first-order valence-corrected chi connectivity index (χ1v) is 10.9. The molecule has 1 N–H and O–H groups in total. The lowest BCUT2D eigenvalue weighted by Crippen LogP contribution is -2.54. The molecule has 1 aliphatic rings. The molecule has 3 aromatic carbocycles. The number of nitrogens with zero attached hydrogens (tertiary/aromatic N) is 2. The number of nitrogens with one attached hydrogen (secondary N) is 1. The van der Waals surface area contributed by atoms with Gasteiger partial charge in [-0.3, -0.25) is 25.0 Å². The summed E-state index contributed by atoms with van der Waals surface area (Å²) in [6.45, 7) is -0.0623. The highest BCUT2D eigenvalue weighted by atomic mass is 35.5. The Morgan fingerprint density at radius 3 is 2.39 bits per heavy atom. The number of amides is 4. The van der Waals surface area contributed by atoms with Crippen LogP contribution in [0.1, 0.15) is 11.1 Å². The van der Waals surface area contributed by atoms with Crippen LogP contribution in [0.4, 0.5) is 20.6 Å². The van der Waals surface area contributed by atoms with Gasteiger partial charge in [0, 0.05) is 12.1 Å². The number of hydrogen-bond donors (Lipinski definition) is 1. The fraction of sp³-hybridized carbons (Fsp3) is 0.0417. The third kappa shape index (κ3) is 5.19. The molecule has 182 valence electrons. The third-order valence-corrected chi connectivity index (χ3v) is 5.57. The Morgan fingerprint density at radius 2 is 1.72 bits per heavy atom. The summed E-state index contributed by atoms with van der Waals surface area (Å²) < 4.78 is 19.3. The van der Waals surface area contributed by atoms with Gasteiger partial charge >= 0.3 is 6.03 Å². The van der Waals surface area contributed by atoms with E-state index in [0.717, 1.165) is 12.1 Å². The number of non-ortho nitro benzene ring substituents is 1. The number of ether oxygens (including phenoxy) is 1. The lowest BCUT2D eigenvalue weighted by molar-refractivity contribution is -0.384. The van der Waals surface area contributed by atoms with Crippen molar-refractivity contribution in [1.29, 1.82) is 0 Å². The molecule has 1 fully saturated rings. The molecule has 1 saturated heterocycles. The fourth-order valence-corrected chi connectivity index (χ4v) is 4.00. The summed E-state index contributed by atoms with van der Waals surface area (Å²) in [6.07, 6.45) is 1.18.